The number of carbonyl (C=O) groups excluding carboxylic acids is 1. The SMILES string of the molecule is Cc1ccn2c(NC(=O)Nc3cccc(C#N)c3)cccc12. The lowest BCUT2D eigenvalue weighted by Crippen LogP contribution is -2.20. The Morgan fingerprint density at radius 1 is 1.14 bits per heavy atom. The molecule has 0 radical (unpaired) electrons. The van der Waals surface area contributed by atoms with Crippen LogP contribution in [0.25, 0.3) is 5.52 Å². The lowest BCUT2D eigenvalue weighted by Gasteiger charge is -2.10. The maximum absolute atomic E-state index is 12.1. The van der Waals surface area contributed by atoms with Crippen molar-refractivity contribution in [3.05, 3.63) is 65.9 Å². The summed E-state index contributed by atoms with van der Waals surface area (Å²) in [6.07, 6.45) is 1.91. The van der Waals surface area contributed by atoms with Gasteiger partial charge in [0.05, 0.1) is 11.6 Å². The first kappa shape index (κ1) is 13.7. The molecule has 0 aliphatic heterocycles. The number of nitrogens with zero attached hydrogens (tertiary/aromatic N) is 2. The van der Waals surface area contributed by atoms with Gasteiger partial charge in [0.1, 0.15) is 5.82 Å². The van der Waals surface area contributed by atoms with Crippen molar-refractivity contribution in [3.8, 4) is 6.07 Å². The van der Waals surface area contributed by atoms with E-state index in [0.717, 1.165) is 11.1 Å². The number of hydrogen-bond acceptors (Lipinski definition) is 2. The summed E-state index contributed by atoms with van der Waals surface area (Å²) in [5.74, 6) is 0.680. The van der Waals surface area contributed by atoms with Gasteiger partial charge in [-0.05, 0) is 48.9 Å². The van der Waals surface area contributed by atoms with Gasteiger partial charge in [-0.25, -0.2) is 4.79 Å². The summed E-state index contributed by atoms with van der Waals surface area (Å²) in [5.41, 5.74) is 3.27. The molecule has 3 aromatic rings. The van der Waals surface area contributed by atoms with Gasteiger partial charge in [-0.2, -0.15) is 5.26 Å². The Morgan fingerprint density at radius 2 is 1.95 bits per heavy atom. The molecule has 0 aliphatic carbocycles. The topological polar surface area (TPSA) is 69.3 Å². The number of nitrogens with one attached hydrogen (secondary N) is 2. The number of aromatic nitrogens is 1. The van der Waals surface area contributed by atoms with E-state index in [1.165, 1.54) is 0 Å². The van der Waals surface area contributed by atoms with E-state index < -0.39 is 0 Å². The van der Waals surface area contributed by atoms with Crippen LogP contribution in [-0.4, -0.2) is 10.4 Å². The van der Waals surface area contributed by atoms with Gasteiger partial charge in [0.15, 0.2) is 0 Å². The number of aryl methyl sites for hydroxylation is 1. The van der Waals surface area contributed by atoms with Gasteiger partial charge < -0.3 is 9.72 Å². The molecule has 108 valence electrons. The van der Waals surface area contributed by atoms with Gasteiger partial charge in [0.2, 0.25) is 0 Å². The Hall–Kier alpha value is -3.26. The average molecular weight is 290 g/mol. The number of urea groups is 1. The average Bonchev–Trinajstić information content (AvgIpc) is 2.90. The maximum atomic E-state index is 12.1. The van der Waals surface area contributed by atoms with Crippen molar-refractivity contribution in [2.75, 3.05) is 10.6 Å². The Balaban J connectivity index is 1.80. The predicted octanol–water partition coefficient (Wildman–Crippen LogP) is 3.76. The molecule has 0 unspecified atom stereocenters. The van der Waals surface area contributed by atoms with Crippen molar-refractivity contribution in [2.24, 2.45) is 0 Å². The monoisotopic (exact) mass is 290 g/mol. The molecule has 1 aromatic carbocycles. The van der Waals surface area contributed by atoms with E-state index in [9.17, 15) is 4.79 Å². The smallest absolute Gasteiger partial charge is 0.308 e. The van der Waals surface area contributed by atoms with Crippen LogP contribution in [0.2, 0.25) is 0 Å². The molecule has 0 fully saturated rings. The van der Waals surface area contributed by atoms with Crippen molar-refractivity contribution < 1.29 is 4.79 Å². The Labute approximate surface area is 127 Å². The summed E-state index contributed by atoms with van der Waals surface area (Å²) >= 11 is 0. The summed E-state index contributed by atoms with van der Waals surface area (Å²) in [6, 6.07) is 16.2. The van der Waals surface area contributed by atoms with E-state index in [1.54, 1.807) is 24.3 Å². The normalized spacial score (nSPS) is 10.2. The van der Waals surface area contributed by atoms with E-state index >= 15 is 0 Å². The van der Waals surface area contributed by atoms with E-state index in [4.69, 9.17) is 5.26 Å². The highest BCUT2D eigenvalue weighted by Crippen LogP contribution is 2.18. The minimum atomic E-state index is -0.353. The molecule has 2 aromatic heterocycles. The van der Waals surface area contributed by atoms with Crippen LogP contribution >= 0.6 is 0 Å². The second-order valence-electron chi connectivity index (χ2n) is 4.94. The first-order valence-electron chi connectivity index (χ1n) is 6.82. The van der Waals surface area contributed by atoms with Crippen molar-refractivity contribution in [1.82, 2.24) is 4.40 Å². The number of carbonyl (C=O) groups is 1. The number of nitriles is 1. The number of fused-ring (bicyclic) bond motifs is 1. The van der Waals surface area contributed by atoms with Crippen molar-refractivity contribution >= 4 is 23.1 Å². The van der Waals surface area contributed by atoms with Crippen LogP contribution in [0.1, 0.15) is 11.1 Å². The Bertz CT molecular complexity index is 889. The van der Waals surface area contributed by atoms with Crippen LogP contribution in [0.15, 0.2) is 54.7 Å². The van der Waals surface area contributed by atoms with E-state index in [2.05, 4.69) is 10.6 Å². The summed E-state index contributed by atoms with van der Waals surface area (Å²) in [6.45, 7) is 2.02. The van der Waals surface area contributed by atoms with Crippen LogP contribution in [0.4, 0.5) is 16.3 Å². The Morgan fingerprint density at radius 3 is 2.77 bits per heavy atom. The molecule has 0 saturated heterocycles. The first-order chi connectivity index (χ1) is 10.7. The lowest BCUT2D eigenvalue weighted by molar-refractivity contribution is 0.262. The summed E-state index contributed by atoms with van der Waals surface area (Å²) in [7, 11) is 0. The van der Waals surface area contributed by atoms with Crippen LogP contribution in [0.3, 0.4) is 0 Å². The third-order valence-corrected chi connectivity index (χ3v) is 3.40. The van der Waals surface area contributed by atoms with Crippen molar-refractivity contribution in [3.63, 3.8) is 0 Å². The molecular formula is C17H14N4O. The minimum Gasteiger partial charge on any atom is -0.308 e. The molecule has 3 rings (SSSR count). The van der Waals surface area contributed by atoms with E-state index in [1.807, 2.05) is 47.9 Å². The number of rotatable bonds is 2. The molecule has 0 bridgehead atoms. The molecule has 2 N–H and O–H groups in total. The highest BCUT2D eigenvalue weighted by molar-refractivity contribution is 5.99. The highest BCUT2D eigenvalue weighted by atomic mass is 16.2. The fourth-order valence-electron chi connectivity index (χ4n) is 2.32. The predicted molar refractivity (Wildman–Crippen MR) is 85.9 cm³/mol. The molecule has 5 heteroatoms. The van der Waals surface area contributed by atoms with Crippen LogP contribution in [0.5, 0.6) is 0 Å². The summed E-state index contributed by atoms with van der Waals surface area (Å²) in [5, 5.41) is 14.4. The van der Waals surface area contributed by atoms with Gasteiger partial charge in [-0.1, -0.05) is 12.1 Å². The number of hydrogen-bond donors (Lipinski definition) is 2. The van der Waals surface area contributed by atoms with Crippen LogP contribution in [-0.2, 0) is 0 Å². The van der Waals surface area contributed by atoms with Crippen molar-refractivity contribution in [2.45, 2.75) is 6.92 Å². The number of anilines is 2. The second-order valence-corrected chi connectivity index (χ2v) is 4.94. The Kier molecular flexibility index (Phi) is 3.50. The van der Waals surface area contributed by atoms with Gasteiger partial charge in [-0.15, -0.1) is 0 Å². The minimum absolute atomic E-state index is 0.353. The standard InChI is InChI=1S/C17H14N4O/c1-12-8-9-21-15(12)6-3-7-16(21)20-17(22)19-14-5-2-4-13(10-14)11-18/h2-10H,1H3,(H2,19,20,22). The molecule has 5 nitrogen and oxygen atoms in total. The number of pyridine rings is 1. The van der Waals surface area contributed by atoms with Gasteiger partial charge in [0, 0.05) is 17.4 Å². The molecule has 2 amide bonds. The van der Waals surface area contributed by atoms with Crippen LogP contribution < -0.4 is 10.6 Å². The van der Waals surface area contributed by atoms with Gasteiger partial charge in [0.25, 0.3) is 0 Å². The zero-order valence-electron chi connectivity index (χ0n) is 12.0. The zero-order valence-corrected chi connectivity index (χ0v) is 12.0. The van der Waals surface area contributed by atoms with Crippen molar-refractivity contribution in [1.29, 1.82) is 5.26 Å². The zero-order chi connectivity index (χ0) is 15.5. The van der Waals surface area contributed by atoms with Crippen LogP contribution in [0, 0.1) is 18.3 Å². The molecule has 0 atom stereocenters. The molecule has 0 aliphatic rings. The second kappa shape index (κ2) is 5.62. The fourth-order valence-corrected chi connectivity index (χ4v) is 2.32. The third kappa shape index (κ3) is 2.63. The highest BCUT2D eigenvalue weighted by Gasteiger charge is 2.07. The fraction of sp³-hybridized carbons (Fsp3) is 0.0588. The quantitative estimate of drug-likeness (QED) is 0.754. The van der Waals surface area contributed by atoms with Gasteiger partial charge in [-0.3, -0.25) is 5.32 Å². The third-order valence-electron chi connectivity index (χ3n) is 3.40. The van der Waals surface area contributed by atoms with E-state index in [0.29, 0.717) is 17.1 Å². The lowest BCUT2D eigenvalue weighted by atomic mass is 10.2. The van der Waals surface area contributed by atoms with E-state index in [-0.39, 0.29) is 6.03 Å². The molecule has 0 spiro atoms. The molecule has 0 saturated carbocycles. The first-order valence-corrected chi connectivity index (χ1v) is 6.82. The molecule has 22 heavy (non-hydrogen) atoms. The maximum Gasteiger partial charge on any atom is 0.324 e. The summed E-state index contributed by atoms with van der Waals surface area (Å²) < 4.78 is 1.92. The number of benzene rings is 1. The molecular weight excluding hydrogens is 276 g/mol. The molecule has 2 heterocycles. The summed E-state index contributed by atoms with van der Waals surface area (Å²) in [4.78, 5) is 12.1. The van der Waals surface area contributed by atoms with Gasteiger partial charge >= 0.3 is 6.03 Å². The number of amides is 2. The largest absolute Gasteiger partial charge is 0.324 e.